The zero-order chi connectivity index (χ0) is 19.3. The molecule has 2 aromatic rings. The summed E-state index contributed by atoms with van der Waals surface area (Å²) in [5, 5.41) is 16.6. The van der Waals surface area contributed by atoms with Crippen LogP contribution in [0.15, 0.2) is 35.5 Å². The first-order valence-electron chi connectivity index (χ1n) is 9.11. The minimum absolute atomic E-state index is 0.0661. The van der Waals surface area contributed by atoms with Crippen molar-refractivity contribution in [1.29, 1.82) is 0 Å². The van der Waals surface area contributed by atoms with Crippen molar-refractivity contribution in [1.82, 2.24) is 14.8 Å². The third kappa shape index (κ3) is 2.93. The van der Waals surface area contributed by atoms with Crippen molar-refractivity contribution >= 4 is 17.7 Å². The number of Topliss-reactive ketones (excluding diaryl/α,β-unsaturated/α-hetero) is 1. The van der Waals surface area contributed by atoms with E-state index in [0.29, 0.717) is 24.4 Å². The number of carboxylic acids is 1. The highest BCUT2D eigenvalue weighted by Crippen LogP contribution is 2.45. The molecule has 1 aliphatic heterocycles. The molecule has 0 saturated carbocycles. The molecule has 1 aromatic carbocycles. The minimum Gasteiger partial charge on any atom is -0.475 e. The Kier molecular flexibility index (Phi) is 3.91. The van der Waals surface area contributed by atoms with Gasteiger partial charge in [-0.15, -0.1) is 5.10 Å². The van der Waals surface area contributed by atoms with Crippen molar-refractivity contribution in [3.8, 4) is 0 Å². The maximum absolute atomic E-state index is 13.0. The fraction of sp³-hybridized carbons (Fsp3) is 0.400. The average Bonchev–Trinajstić information content (AvgIpc) is 3.03. The van der Waals surface area contributed by atoms with E-state index < -0.39 is 12.0 Å². The van der Waals surface area contributed by atoms with Gasteiger partial charge in [-0.2, -0.15) is 4.98 Å². The van der Waals surface area contributed by atoms with Crippen LogP contribution in [0.2, 0.25) is 0 Å². The number of ketones is 1. The normalized spacial score (nSPS) is 20.7. The summed E-state index contributed by atoms with van der Waals surface area (Å²) < 4.78 is 1.53. The molecule has 1 unspecified atom stereocenters. The monoisotopic (exact) mass is 366 g/mol. The number of carbonyl (C=O) groups excluding carboxylic acids is 1. The highest BCUT2D eigenvalue weighted by molar-refractivity contribution is 6.00. The molecule has 27 heavy (non-hydrogen) atoms. The lowest BCUT2D eigenvalue weighted by Gasteiger charge is -2.38. The Morgan fingerprint density at radius 2 is 2.00 bits per heavy atom. The number of carboxylic acid groups (broad SMARTS) is 1. The van der Waals surface area contributed by atoms with E-state index in [9.17, 15) is 14.7 Å². The zero-order valence-electron chi connectivity index (χ0n) is 15.6. The maximum Gasteiger partial charge on any atom is 0.375 e. The largest absolute Gasteiger partial charge is 0.475 e. The zero-order valence-corrected chi connectivity index (χ0v) is 15.6. The van der Waals surface area contributed by atoms with E-state index in [0.717, 1.165) is 17.7 Å². The smallest absolute Gasteiger partial charge is 0.375 e. The summed E-state index contributed by atoms with van der Waals surface area (Å²) in [6.07, 6.45) is 2.07. The lowest BCUT2D eigenvalue weighted by Crippen LogP contribution is -2.36. The van der Waals surface area contributed by atoms with Crippen LogP contribution in [0.3, 0.4) is 0 Å². The van der Waals surface area contributed by atoms with E-state index in [-0.39, 0.29) is 17.0 Å². The number of benzene rings is 1. The molecule has 0 fully saturated rings. The molecule has 2 heterocycles. The number of carbonyl (C=O) groups is 2. The van der Waals surface area contributed by atoms with Gasteiger partial charge in [0.25, 0.3) is 5.82 Å². The lowest BCUT2D eigenvalue weighted by atomic mass is 9.73. The van der Waals surface area contributed by atoms with Crippen LogP contribution >= 0.6 is 0 Å². The van der Waals surface area contributed by atoms with Crippen molar-refractivity contribution < 1.29 is 14.7 Å². The first kappa shape index (κ1) is 17.5. The molecule has 0 saturated heterocycles. The van der Waals surface area contributed by atoms with Gasteiger partial charge in [-0.05, 0) is 29.4 Å². The van der Waals surface area contributed by atoms with E-state index in [4.69, 9.17) is 0 Å². The van der Waals surface area contributed by atoms with Gasteiger partial charge in [0.05, 0.1) is 0 Å². The Labute approximate surface area is 157 Å². The number of nitrogens with zero attached hydrogens (tertiary/aromatic N) is 3. The Morgan fingerprint density at radius 3 is 2.63 bits per heavy atom. The first-order valence-corrected chi connectivity index (χ1v) is 9.11. The summed E-state index contributed by atoms with van der Waals surface area (Å²) in [4.78, 5) is 28.5. The molecule has 1 aromatic heterocycles. The topological polar surface area (TPSA) is 97.1 Å². The SMILES string of the molecule is CCc1ccc(C2C3=C(CC(C)(C)CC3=O)Nc3nc(C(=O)O)nn32)cc1. The van der Waals surface area contributed by atoms with Crippen LogP contribution in [0.4, 0.5) is 5.95 Å². The van der Waals surface area contributed by atoms with Crippen molar-refractivity contribution in [2.75, 3.05) is 5.32 Å². The van der Waals surface area contributed by atoms with E-state index in [2.05, 4.69) is 36.2 Å². The van der Waals surface area contributed by atoms with E-state index in [1.165, 1.54) is 10.2 Å². The van der Waals surface area contributed by atoms with Crippen LogP contribution < -0.4 is 5.32 Å². The van der Waals surface area contributed by atoms with Crippen LogP contribution in [0.25, 0.3) is 0 Å². The van der Waals surface area contributed by atoms with Crippen molar-refractivity contribution in [3.63, 3.8) is 0 Å². The number of anilines is 1. The second kappa shape index (κ2) is 6.04. The molecule has 1 aliphatic carbocycles. The Hall–Kier alpha value is -2.96. The number of aromatic carboxylic acids is 1. The lowest BCUT2D eigenvalue weighted by molar-refractivity contribution is -0.118. The fourth-order valence-corrected chi connectivity index (χ4v) is 3.94. The molecule has 1 atom stereocenters. The van der Waals surface area contributed by atoms with Crippen LogP contribution in [0, 0.1) is 5.41 Å². The number of nitrogens with one attached hydrogen (secondary N) is 1. The summed E-state index contributed by atoms with van der Waals surface area (Å²) in [5.41, 5.74) is 3.42. The summed E-state index contributed by atoms with van der Waals surface area (Å²) in [6.45, 7) is 6.20. The van der Waals surface area contributed by atoms with E-state index >= 15 is 0 Å². The van der Waals surface area contributed by atoms with Gasteiger partial charge in [0.2, 0.25) is 5.95 Å². The number of hydrogen-bond acceptors (Lipinski definition) is 5. The third-order valence-corrected chi connectivity index (χ3v) is 5.23. The molecule has 140 valence electrons. The van der Waals surface area contributed by atoms with Crippen LogP contribution in [-0.2, 0) is 11.2 Å². The Bertz CT molecular complexity index is 970. The molecule has 2 aliphatic rings. The molecule has 0 amide bonds. The second-order valence-electron chi connectivity index (χ2n) is 7.96. The van der Waals surface area contributed by atoms with Gasteiger partial charge in [0.1, 0.15) is 6.04 Å². The van der Waals surface area contributed by atoms with Gasteiger partial charge < -0.3 is 10.4 Å². The quantitative estimate of drug-likeness (QED) is 0.866. The second-order valence-corrected chi connectivity index (χ2v) is 7.96. The number of aromatic nitrogens is 3. The highest BCUT2D eigenvalue weighted by Gasteiger charge is 2.42. The first-order chi connectivity index (χ1) is 12.8. The molecular formula is C20H22N4O3. The number of aryl methyl sites for hydroxylation is 1. The van der Waals surface area contributed by atoms with Gasteiger partial charge in [0.15, 0.2) is 5.78 Å². The van der Waals surface area contributed by atoms with Crippen molar-refractivity contribution in [2.45, 2.75) is 46.1 Å². The van der Waals surface area contributed by atoms with Gasteiger partial charge in [-0.1, -0.05) is 45.0 Å². The average molecular weight is 366 g/mol. The minimum atomic E-state index is -1.19. The Balaban J connectivity index is 1.89. The number of fused-ring (bicyclic) bond motifs is 1. The van der Waals surface area contributed by atoms with Gasteiger partial charge in [-0.3, -0.25) is 4.79 Å². The predicted octanol–water partition coefficient (Wildman–Crippen LogP) is 3.20. The summed E-state index contributed by atoms with van der Waals surface area (Å²) >= 11 is 0. The summed E-state index contributed by atoms with van der Waals surface area (Å²) in [6, 6.07) is 7.57. The number of allylic oxidation sites excluding steroid dienone is 2. The Morgan fingerprint density at radius 1 is 1.30 bits per heavy atom. The van der Waals surface area contributed by atoms with Gasteiger partial charge in [0, 0.05) is 17.7 Å². The number of rotatable bonds is 3. The van der Waals surface area contributed by atoms with E-state index in [1.807, 2.05) is 24.3 Å². The molecular weight excluding hydrogens is 344 g/mol. The van der Waals surface area contributed by atoms with Crippen LogP contribution in [-0.4, -0.2) is 31.6 Å². The molecule has 2 N–H and O–H groups in total. The fourth-order valence-electron chi connectivity index (χ4n) is 3.94. The summed E-state index contributed by atoms with van der Waals surface area (Å²) in [7, 11) is 0. The molecule has 7 heteroatoms. The van der Waals surface area contributed by atoms with Crippen molar-refractivity contribution in [3.05, 3.63) is 52.5 Å². The van der Waals surface area contributed by atoms with E-state index in [1.54, 1.807) is 0 Å². The molecule has 4 rings (SSSR count). The highest BCUT2D eigenvalue weighted by atomic mass is 16.4. The third-order valence-electron chi connectivity index (χ3n) is 5.23. The molecule has 7 nitrogen and oxygen atoms in total. The van der Waals surface area contributed by atoms with Gasteiger partial charge >= 0.3 is 5.97 Å². The predicted molar refractivity (Wildman–Crippen MR) is 99.6 cm³/mol. The van der Waals surface area contributed by atoms with Crippen molar-refractivity contribution in [2.24, 2.45) is 5.41 Å². The van der Waals surface area contributed by atoms with Crippen LogP contribution in [0.5, 0.6) is 0 Å². The van der Waals surface area contributed by atoms with Gasteiger partial charge in [-0.25, -0.2) is 9.48 Å². The summed E-state index contributed by atoms with van der Waals surface area (Å²) in [5.74, 6) is -1.04. The maximum atomic E-state index is 13.0. The standard InChI is InChI=1S/C20H22N4O3/c1-4-11-5-7-12(8-6-11)16-15-13(9-20(2,3)10-14(15)25)21-19-22-17(18(26)27)23-24(16)19/h5-8,16H,4,9-10H2,1-3H3,(H,26,27)(H,21,22,23). The molecule has 0 bridgehead atoms. The molecule has 0 spiro atoms. The van der Waals surface area contributed by atoms with Crippen LogP contribution in [0.1, 0.15) is 61.4 Å². The molecule has 0 radical (unpaired) electrons. The number of hydrogen-bond donors (Lipinski definition) is 2.